The summed E-state index contributed by atoms with van der Waals surface area (Å²) in [5, 5.41) is 4.10. The number of nitrogens with zero attached hydrogens (tertiary/aromatic N) is 2. The Bertz CT molecular complexity index is 1290. The maximum atomic E-state index is 9.84. The lowest BCUT2D eigenvalue weighted by atomic mass is 9.60. The second-order valence-electron chi connectivity index (χ2n) is 9.39. The molecule has 3 heterocycles. The fraction of sp³-hybridized carbons (Fsp3) is 0.345. The van der Waals surface area contributed by atoms with E-state index in [2.05, 4.69) is 75.9 Å². The van der Waals surface area contributed by atoms with Crippen molar-refractivity contribution >= 4 is 35.0 Å². The molecule has 2 aromatic carbocycles. The number of aryl methyl sites for hydroxylation is 1. The van der Waals surface area contributed by atoms with Crippen molar-refractivity contribution in [3.05, 3.63) is 77.7 Å². The molecule has 0 bridgehead atoms. The summed E-state index contributed by atoms with van der Waals surface area (Å²) in [6.07, 6.45) is 11.4. The summed E-state index contributed by atoms with van der Waals surface area (Å²) in [5.41, 5.74) is 13.2. The normalized spacial score (nSPS) is 17.9. The Morgan fingerprint density at radius 2 is 1.86 bits per heavy atom. The summed E-state index contributed by atoms with van der Waals surface area (Å²) in [6, 6.07) is 15.9. The first kappa shape index (κ1) is 25.8. The van der Waals surface area contributed by atoms with E-state index in [-0.39, 0.29) is 12.8 Å². The van der Waals surface area contributed by atoms with Gasteiger partial charge in [0.1, 0.15) is 0 Å². The van der Waals surface area contributed by atoms with Crippen molar-refractivity contribution in [1.29, 1.82) is 0 Å². The molecule has 1 unspecified atom stereocenters. The van der Waals surface area contributed by atoms with Crippen LogP contribution in [0.25, 0.3) is 22.0 Å². The van der Waals surface area contributed by atoms with Crippen LogP contribution in [0, 0.1) is 6.92 Å². The number of nitrogens with two attached hydrogens (primary N) is 1. The molecule has 4 aromatic rings. The predicted molar refractivity (Wildman–Crippen MR) is 151 cm³/mol. The number of para-hydroxylation sites is 1. The van der Waals surface area contributed by atoms with Crippen LogP contribution in [-0.4, -0.2) is 38.9 Å². The average Bonchev–Trinajstić information content (AvgIpc) is 3.52. The van der Waals surface area contributed by atoms with Crippen molar-refractivity contribution in [2.24, 2.45) is 0 Å². The van der Waals surface area contributed by atoms with E-state index in [1.807, 2.05) is 11.8 Å². The van der Waals surface area contributed by atoms with Crippen molar-refractivity contribution in [2.45, 2.75) is 51.5 Å². The van der Waals surface area contributed by atoms with Crippen LogP contribution in [-0.2, 0) is 10.2 Å². The van der Waals surface area contributed by atoms with Crippen molar-refractivity contribution in [3.8, 4) is 11.1 Å². The van der Waals surface area contributed by atoms with Crippen LogP contribution in [0.2, 0.25) is 0 Å². The fourth-order valence-electron chi connectivity index (χ4n) is 5.18. The lowest BCUT2D eigenvalue weighted by Gasteiger charge is -2.43. The number of thioether (sulfide) groups is 1. The minimum Gasteiger partial charge on any atom is -0.368 e. The Morgan fingerprint density at radius 3 is 2.47 bits per heavy atom. The molecule has 1 amide bonds. The third-order valence-corrected chi connectivity index (χ3v) is 8.48. The number of anilines is 1. The van der Waals surface area contributed by atoms with Gasteiger partial charge in [-0.3, -0.25) is 4.79 Å². The van der Waals surface area contributed by atoms with Gasteiger partial charge >= 0.3 is 0 Å². The van der Waals surface area contributed by atoms with E-state index in [0.29, 0.717) is 12.0 Å². The second kappa shape index (κ2) is 11.2. The molecule has 0 radical (unpaired) electrons. The molecular weight excluding hydrogens is 466 g/mol. The summed E-state index contributed by atoms with van der Waals surface area (Å²) in [7, 11) is 0. The van der Waals surface area contributed by atoms with Gasteiger partial charge in [-0.2, -0.15) is 11.8 Å². The molecule has 1 aliphatic carbocycles. The minimum absolute atomic E-state index is 0. The van der Waals surface area contributed by atoms with Crippen molar-refractivity contribution in [2.75, 3.05) is 17.2 Å². The molecule has 188 valence electrons. The van der Waals surface area contributed by atoms with Crippen molar-refractivity contribution in [3.63, 3.8) is 0 Å². The topological polar surface area (TPSA) is 96.7 Å². The van der Waals surface area contributed by atoms with Crippen LogP contribution in [0.15, 0.2) is 61.1 Å². The maximum absolute atomic E-state index is 9.84. The number of hydrogen-bond donors (Lipinski definition) is 3. The molecule has 7 heteroatoms. The van der Waals surface area contributed by atoms with Gasteiger partial charge in [0.2, 0.25) is 12.4 Å². The highest BCUT2D eigenvalue weighted by Gasteiger charge is 2.41. The van der Waals surface area contributed by atoms with Gasteiger partial charge in [0.25, 0.3) is 0 Å². The number of nitrogens with one attached hydrogen (secondary N) is 2. The highest BCUT2D eigenvalue weighted by Crippen LogP contribution is 2.51. The lowest BCUT2D eigenvalue weighted by molar-refractivity contribution is -0.110. The number of carbonyl (C=O) groups is 1. The molecule has 1 atom stereocenters. The highest BCUT2D eigenvalue weighted by atomic mass is 32.2. The molecule has 2 aromatic heterocycles. The molecule has 1 saturated heterocycles. The highest BCUT2D eigenvalue weighted by molar-refractivity contribution is 7.99. The molecule has 1 aliphatic heterocycles. The summed E-state index contributed by atoms with van der Waals surface area (Å²) in [6.45, 7) is 2.17. The zero-order chi connectivity index (χ0) is 24.3. The first-order valence-corrected chi connectivity index (χ1v) is 13.3. The number of rotatable bonds is 5. The maximum Gasteiger partial charge on any atom is 0.219 e. The van der Waals surface area contributed by atoms with E-state index in [9.17, 15) is 4.79 Å². The number of aromatic nitrogens is 3. The second-order valence-corrected chi connectivity index (χ2v) is 10.5. The van der Waals surface area contributed by atoms with E-state index in [0.717, 1.165) is 29.7 Å². The standard InChI is InChI=1S/C23H22N4.C5H9NOS.CH4/c1-15-4-2-5-19-20(14-25-21(15)19)23(10-3-11-23)18-8-6-16(7-9-18)17-12-26-22(24)27-13-17;7-4-6-5-1-2-8-3-5;/h2,4-9,12-14,25H,3,10-11H2,1H3,(H2,24,26,27);4-5H,1-3H2,(H,6,7);1H4. The van der Waals surface area contributed by atoms with Crippen LogP contribution >= 0.6 is 11.8 Å². The lowest BCUT2D eigenvalue weighted by Crippen LogP contribution is -2.35. The van der Waals surface area contributed by atoms with Crippen LogP contribution in [0.1, 0.15) is 49.8 Å². The number of fused-ring (bicyclic) bond motifs is 1. The molecule has 4 N–H and O–H groups in total. The first-order valence-electron chi connectivity index (χ1n) is 12.1. The van der Waals surface area contributed by atoms with Crippen LogP contribution in [0.5, 0.6) is 0 Å². The zero-order valence-corrected chi connectivity index (χ0v) is 20.8. The summed E-state index contributed by atoms with van der Waals surface area (Å²) in [4.78, 5) is 21.6. The number of H-pyrrole nitrogens is 1. The van der Waals surface area contributed by atoms with E-state index in [4.69, 9.17) is 5.73 Å². The Labute approximate surface area is 217 Å². The molecule has 2 fully saturated rings. The molecule has 6 nitrogen and oxygen atoms in total. The number of amides is 1. The number of benzene rings is 2. The first-order chi connectivity index (χ1) is 17.1. The Hall–Kier alpha value is -3.32. The average molecular weight is 502 g/mol. The van der Waals surface area contributed by atoms with Crippen LogP contribution in [0.4, 0.5) is 5.95 Å². The molecule has 6 rings (SSSR count). The molecular formula is C29H35N5OS. The van der Waals surface area contributed by atoms with E-state index >= 15 is 0 Å². The van der Waals surface area contributed by atoms with Crippen molar-refractivity contribution < 1.29 is 4.79 Å². The quantitative estimate of drug-likeness (QED) is 0.298. The smallest absolute Gasteiger partial charge is 0.219 e. The van der Waals surface area contributed by atoms with Crippen molar-refractivity contribution in [1.82, 2.24) is 20.3 Å². The van der Waals surface area contributed by atoms with Gasteiger partial charge < -0.3 is 16.0 Å². The molecule has 36 heavy (non-hydrogen) atoms. The monoisotopic (exact) mass is 501 g/mol. The third-order valence-electron chi connectivity index (χ3n) is 7.32. The van der Waals surface area contributed by atoms with E-state index in [1.54, 1.807) is 12.4 Å². The Morgan fingerprint density at radius 1 is 1.11 bits per heavy atom. The number of carbonyl (C=O) groups excluding carboxylic acids is 1. The van der Waals surface area contributed by atoms with Gasteiger partial charge in [0.15, 0.2) is 0 Å². The van der Waals surface area contributed by atoms with E-state index in [1.165, 1.54) is 52.6 Å². The third kappa shape index (κ3) is 4.98. The van der Waals surface area contributed by atoms with Gasteiger partial charge in [0.05, 0.1) is 0 Å². The SMILES string of the molecule is C.Cc1cccc2c(C3(c4ccc(-c5cnc(N)nc5)cc4)CCC3)c[nH]c12.O=CNC1CCSC1. The molecule has 1 saturated carbocycles. The number of hydrogen-bond acceptors (Lipinski definition) is 5. The van der Waals surface area contributed by atoms with Gasteiger partial charge in [-0.15, -0.1) is 0 Å². The van der Waals surface area contributed by atoms with Gasteiger partial charge in [-0.1, -0.05) is 56.3 Å². The van der Waals surface area contributed by atoms with Gasteiger partial charge in [0, 0.05) is 52.3 Å². The largest absolute Gasteiger partial charge is 0.368 e. The fourth-order valence-corrected chi connectivity index (χ4v) is 6.34. The molecule has 0 spiro atoms. The zero-order valence-electron chi connectivity index (χ0n) is 20.0. The summed E-state index contributed by atoms with van der Waals surface area (Å²) >= 11 is 1.90. The van der Waals surface area contributed by atoms with Crippen LogP contribution < -0.4 is 11.1 Å². The summed E-state index contributed by atoms with van der Waals surface area (Å²) in [5.74, 6) is 2.60. The van der Waals surface area contributed by atoms with E-state index < -0.39 is 0 Å². The van der Waals surface area contributed by atoms with Gasteiger partial charge in [-0.05, 0) is 54.2 Å². The number of aromatic amines is 1. The minimum atomic E-state index is 0. The number of nitrogen functional groups attached to an aromatic ring is 1. The van der Waals surface area contributed by atoms with Gasteiger partial charge in [-0.25, -0.2) is 9.97 Å². The predicted octanol–water partition coefficient (Wildman–Crippen LogP) is 5.86. The Balaban J connectivity index is 0.000000291. The summed E-state index contributed by atoms with van der Waals surface area (Å²) < 4.78 is 0. The van der Waals surface area contributed by atoms with Crippen LogP contribution in [0.3, 0.4) is 0 Å². The molecule has 2 aliphatic rings. The Kier molecular flexibility index (Phi) is 7.99.